The Morgan fingerprint density at radius 3 is 3.00 bits per heavy atom. The predicted molar refractivity (Wildman–Crippen MR) is 94.0 cm³/mol. The van der Waals surface area contributed by atoms with Crippen LogP contribution in [0.2, 0.25) is 0 Å². The van der Waals surface area contributed by atoms with Gasteiger partial charge in [0.05, 0.1) is 13.5 Å². The van der Waals surface area contributed by atoms with E-state index in [4.69, 9.17) is 10.7 Å². The summed E-state index contributed by atoms with van der Waals surface area (Å²) in [5, 5.41) is 3.36. The van der Waals surface area contributed by atoms with Crippen molar-refractivity contribution in [1.29, 1.82) is 0 Å². The highest BCUT2D eigenvalue weighted by Gasteiger charge is 2.32. The fourth-order valence-electron chi connectivity index (χ4n) is 3.37. The highest BCUT2D eigenvalue weighted by molar-refractivity contribution is 5.85. The second kappa shape index (κ2) is 7.82. The Hall–Kier alpha value is -2.15. The summed E-state index contributed by atoms with van der Waals surface area (Å²) in [7, 11) is 1.27. The van der Waals surface area contributed by atoms with Crippen LogP contribution in [0, 0.1) is 5.92 Å². The van der Waals surface area contributed by atoms with Gasteiger partial charge in [-0.3, -0.25) is 9.59 Å². The normalized spacial score (nSPS) is 17.9. The number of methoxy groups -OCH3 is 1. The number of fused-ring (bicyclic) bond motifs is 1. The van der Waals surface area contributed by atoms with Gasteiger partial charge in [0, 0.05) is 25.3 Å². The van der Waals surface area contributed by atoms with Gasteiger partial charge in [-0.15, -0.1) is 0 Å². The first-order chi connectivity index (χ1) is 12.1. The van der Waals surface area contributed by atoms with Crippen LogP contribution in [-0.4, -0.2) is 54.5 Å². The van der Waals surface area contributed by atoms with E-state index in [0.717, 1.165) is 50.4 Å². The number of likely N-dealkylation sites (tertiary alicyclic amines) is 1. The molecular formula is C18H26N4O3. The van der Waals surface area contributed by atoms with Gasteiger partial charge >= 0.3 is 5.97 Å². The summed E-state index contributed by atoms with van der Waals surface area (Å²) in [6.45, 7) is 2.46. The molecule has 1 atom stereocenters. The smallest absolute Gasteiger partial charge is 0.323 e. The van der Waals surface area contributed by atoms with Gasteiger partial charge in [-0.25, -0.2) is 4.98 Å². The lowest BCUT2D eigenvalue weighted by atomic mass is 9.93. The van der Waals surface area contributed by atoms with Crippen molar-refractivity contribution in [3.05, 3.63) is 23.4 Å². The molecule has 2 aliphatic rings. The fourth-order valence-corrected chi connectivity index (χ4v) is 3.37. The van der Waals surface area contributed by atoms with E-state index in [9.17, 15) is 9.59 Å². The first-order valence-corrected chi connectivity index (χ1v) is 8.90. The van der Waals surface area contributed by atoms with E-state index in [0.29, 0.717) is 5.92 Å². The number of hydrogen-bond acceptors (Lipinski definition) is 6. The third-order valence-corrected chi connectivity index (χ3v) is 4.97. The van der Waals surface area contributed by atoms with Crippen molar-refractivity contribution < 1.29 is 14.3 Å². The molecule has 3 rings (SSSR count). The molecule has 1 aromatic heterocycles. The van der Waals surface area contributed by atoms with Crippen LogP contribution >= 0.6 is 0 Å². The van der Waals surface area contributed by atoms with Crippen LogP contribution in [0.15, 0.2) is 12.1 Å². The van der Waals surface area contributed by atoms with E-state index in [1.807, 2.05) is 0 Å². The van der Waals surface area contributed by atoms with Crippen LogP contribution in [0.4, 0.5) is 5.82 Å². The maximum absolute atomic E-state index is 12.1. The maximum atomic E-state index is 12.1. The number of ether oxygens (including phenoxy) is 1. The molecule has 1 amide bonds. The molecule has 136 valence electrons. The van der Waals surface area contributed by atoms with Crippen LogP contribution in [-0.2, 0) is 27.2 Å². The molecule has 3 heterocycles. The number of nitrogens with two attached hydrogens (primary N) is 1. The molecule has 1 aromatic rings. The second-order valence-corrected chi connectivity index (χ2v) is 6.88. The third-order valence-electron chi connectivity index (χ3n) is 4.97. The molecule has 0 aliphatic carbocycles. The van der Waals surface area contributed by atoms with Crippen LogP contribution in [0.1, 0.15) is 30.5 Å². The van der Waals surface area contributed by atoms with E-state index in [-0.39, 0.29) is 12.3 Å². The van der Waals surface area contributed by atoms with Gasteiger partial charge in [0.15, 0.2) is 0 Å². The summed E-state index contributed by atoms with van der Waals surface area (Å²) in [4.78, 5) is 29.8. The van der Waals surface area contributed by atoms with Gasteiger partial charge in [-0.2, -0.15) is 0 Å². The largest absolute Gasteiger partial charge is 0.468 e. The first-order valence-electron chi connectivity index (χ1n) is 8.90. The summed E-state index contributed by atoms with van der Waals surface area (Å²) in [6.07, 6.45) is 4.21. The highest BCUT2D eigenvalue weighted by atomic mass is 16.5. The average molecular weight is 346 g/mol. The number of aromatic nitrogens is 1. The molecule has 0 saturated carbocycles. The Morgan fingerprint density at radius 1 is 1.44 bits per heavy atom. The third kappa shape index (κ3) is 4.28. The van der Waals surface area contributed by atoms with Crippen molar-refractivity contribution in [3.8, 4) is 0 Å². The number of aryl methyl sites for hydroxylation is 2. The predicted octanol–water partition coefficient (Wildman–Crippen LogP) is 0.721. The molecule has 0 bridgehead atoms. The van der Waals surface area contributed by atoms with Crippen molar-refractivity contribution in [2.45, 2.75) is 38.1 Å². The van der Waals surface area contributed by atoms with Gasteiger partial charge in [0.2, 0.25) is 5.91 Å². The van der Waals surface area contributed by atoms with Gasteiger partial charge in [0.1, 0.15) is 11.9 Å². The zero-order valence-corrected chi connectivity index (χ0v) is 14.7. The SMILES string of the molecule is COC(=O)C(N)CC(=O)N1CC(CCc2ccc3c(n2)NCCC3)C1. The molecule has 7 nitrogen and oxygen atoms in total. The standard InChI is InChI=1S/C18H26N4O3/c1-25-18(24)15(19)9-16(23)22-10-12(11-22)4-6-14-7-5-13-3-2-8-20-17(13)21-14/h5,7,12,15H,2-4,6,8-11,19H2,1H3,(H,20,21). The summed E-state index contributed by atoms with van der Waals surface area (Å²) in [6, 6.07) is 3.42. The zero-order valence-electron chi connectivity index (χ0n) is 14.7. The molecule has 2 aliphatic heterocycles. The van der Waals surface area contributed by atoms with Crippen LogP contribution in [0.5, 0.6) is 0 Å². The van der Waals surface area contributed by atoms with Gasteiger partial charge in [-0.05, 0) is 43.2 Å². The maximum Gasteiger partial charge on any atom is 0.323 e. The average Bonchev–Trinajstić information content (AvgIpc) is 2.59. The number of rotatable bonds is 6. The summed E-state index contributed by atoms with van der Waals surface area (Å²) < 4.78 is 4.55. The summed E-state index contributed by atoms with van der Waals surface area (Å²) in [5.74, 6) is 0.901. The lowest BCUT2D eigenvalue weighted by Crippen LogP contribution is -2.52. The van der Waals surface area contributed by atoms with E-state index < -0.39 is 12.0 Å². The second-order valence-electron chi connectivity index (χ2n) is 6.88. The molecule has 3 N–H and O–H groups in total. The fraction of sp³-hybridized carbons (Fsp3) is 0.611. The lowest BCUT2D eigenvalue weighted by molar-refractivity contribution is -0.147. The van der Waals surface area contributed by atoms with E-state index in [1.165, 1.54) is 19.1 Å². The Kier molecular flexibility index (Phi) is 5.53. The minimum atomic E-state index is -0.872. The quantitative estimate of drug-likeness (QED) is 0.737. The summed E-state index contributed by atoms with van der Waals surface area (Å²) >= 11 is 0. The zero-order chi connectivity index (χ0) is 17.8. The molecule has 1 unspecified atom stereocenters. The molecule has 0 spiro atoms. The van der Waals surface area contributed by atoms with Crippen LogP contribution in [0.25, 0.3) is 0 Å². The number of carbonyl (C=O) groups excluding carboxylic acids is 2. The number of nitrogens with one attached hydrogen (secondary N) is 1. The number of amides is 1. The first kappa shape index (κ1) is 17.7. The van der Waals surface area contributed by atoms with Crippen molar-refractivity contribution in [2.75, 3.05) is 32.1 Å². The number of esters is 1. The van der Waals surface area contributed by atoms with Crippen molar-refractivity contribution >= 4 is 17.7 Å². The Bertz CT molecular complexity index is 643. The number of pyridine rings is 1. The topological polar surface area (TPSA) is 97.5 Å². The Balaban J connectivity index is 1.40. The van der Waals surface area contributed by atoms with Crippen LogP contribution < -0.4 is 11.1 Å². The van der Waals surface area contributed by atoms with E-state index >= 15 is 0 Å². The van der Waals surface area contributed by atoms with Gasteiger partial charge in [0.25, 0.3) is 0 Å². The molecule has 7 heteroatoms. The molecule has 1 fully saturated rings. The van der Waals surface area contributed by atoms with Gasteiger partial charge in [-0.1, -0.05) is 6.07 Å². The van der Waals surface area contributed by atoms with E-state index in [2.05, 4.69) is 22.2 Å². The number of nitrogens with zero attached hydrogens (tertiary/aromatic N) is 2. The number of anilines is 1. The summed E-state index contributed by atoms with van der Waals surface area (Å²) in [5.41, 5.74) is 8.04. The molecular weight excluding hydrogens is 320 g/mol. The Morgan fingerprint density at radius 2 is 2.24 bits per heavy atom. The van der Waals surface area contributed by atoms with Crippen LogP contribution in [0.3, 0.4) is 0 Å². The van der Waals surface area contributed by atoms with Crippen molar-refractivity contribution in [3.63, 3.8) is 0 Å². The van der Waals surface area contributed by atoms with Gasteiger partial charge < -0.3 is 20.7 Å². The Labute approximate surface area is 147 Å². The van der Waals surface area contributed by atoms with Crippen molar-refractivity contribution in [1.82, 2.24) is 9.88 Å². The highest BCUT2D eigenvalue weighted by Crippen LogP contribution is 2.24. The molecule has 1 saturated heterocycles. The monoisotopic (exact) mass is 346 g/mol. The molecule has 0 aromatic carbocycles. The molecule has 25 heavy (non-hydrogen) atoms. The van der Waals surface area contributed by atoms with E-state index in [1.54, 1.807) is 4.90 Å². The number of carbonyl (C=O) groups is 2. The lowest BCUT2D eigenvalue weighted by Gasteiger charge is -2.39. The number of hydrogen-bond donors (Lipinski definition) is 2. The minimum Gasteiger partial charge on any atom is -0.468 e. The minimum absolute atomic E-state index is 0.0113. The molecule has 0 radical (unpaired) electrons. The van der Waals surface area contributed by atoms with Crippen molar-refractivity contribution in [2.24, 2.45) is 11.7 Å².